The predicted octanol–water partition coefficient (Wildman–Crippen LogP) is 4.66. The lowest BCUT2D eigenvalue weighted by atomic mass is 10.1. The van der Waals surface area contributed by atoms with Crippen molar-refractivity contribution in [2.75, 3.05) is 25.6 Å². The Bertz CT molecular complexity index is 798. The van der Waals surface area contributed by atoms with E-state index in [-0.39, 0.29) is 5.91 Å². The van der Waals surface area contributed by atoms with Crippen LogP contribution in [0.1, 0.15) is 44.2 Å². The average Bonchev–Trinajstić information content (AvgIpc) is 2.75. The summed E-state index contributed by atoms with van der Waals surface area (Å²) in [6.45, 7) is 7.21. The maximum Gasteiger partial charge on any atom is 0.228 e. The van der Waals surface area contributed by atoms with Gasteiger partial charge in [-0.15, -0.1) is 0 Å². The quantitative estimate of drug-likeness (QED) is 0.653. The van der Waals surface area contributed by atoms with Crippen LogP contribution >= 0.6 is 0 Å². The zero-order valence-electron chi connectivity index (χ0n) is 18.4. The number of anilines is 1. The van der Waals surface area contributed by atoms with Crippen molar-refractivity contribution < 1.29 is 14.3 Å². The van der Waals surface area contributed by atoms with Crippen molar-refractivity contribution in [2.24, 2.45) is 0 Å². The minimum atomic E-state index is -0.0331. The molecule has 0 unspecified atom stereocenters. The van der Waals surface area contributed by atoms with E-state index in [0.717, 1.165) is 43.1 Å². The van der Waals surface area contributed by atoms with Crippen molar-refractivity contribution in [3.63, 3.8) is 0 Å². The van der Waals surface area contributed by atoms with Gasteiger partial charge in [0.15, 0.2) is 0 Å². The molecular formula is C25H34N2O3. The molecule has 0 aliphatic carbocycles. The topological polar surface area (TPSA) is 50.8 Å². The summed E-state index contributed by atoms with van der Waals surface area (Å²) in [4.78, 5) is 14.8. The molecule has 0 saturated carbocycles. The van der Waals surface area contributed by atoms with Crippen molar-refractivity contribution in [1.82, 2.24) is 4.90 Å². The van der Waals surface area contributed by atoms with Crippen LogP contribution in [0.5, 0.6) is 5.75 Å². The van der Waals surface area contributed by atoms with Gasteiger partial charge in [0.2, 0.25) is 5.91 Å². The van der Waals surface area contributed by atoms with Gasteiger partial charge >= 0.3 is 0 Å². The van der Waals surface area contributed by atoms with E-state index in [1.807, 2.05) is 36.4 Å². The van der Waals surface area contributed by atoms with Gasteiger partial charge in [-0.2, -0.15) is 0 Å². The van der Waals surface area contributed by atoms with Gasteiger partial charge in [-0.25, -0.2) is 0 Å². The molecule has 1 fully saturated rings. The van der Waals surface area contributed by atoms with Crippen molar-refractivity contribution in [2.45, 2.75) is 58.2 Å². The Kier molecular flexibility index (Phi) is 8.29. The number of nitrogens with one attached hydrogen (secondary N) is 1. The summed E-state index contributed by atoms with van der Waals surface area (Å²) in [5.74, 6) is 0.729. The molecule has 1 atom stereocenters. The lowest BCUT2D eigenvalue weighted by Gasteiger charge is -2.32. The molecule has 2 aromatic rings. The van der Waals surface area contributed by atoms with E-state index in [1.165, 1.54) is 18.4 Å². The molecule has 0 bridgehead atoms. The third-order valence-corrected chi connectivity index (χ3v) is 5.56. The molecule has 3 rings (SSSR count). The molecule has 0 radical (unpaired) electrons. The van der Waals surface area contributed by atoms with Crippen LogP contribution < -0.4 is 10.1 Å². The average molecular weight is 411 g/mol. The second-order valence-electron chi connectivity index (χ2n) is 8.29. The summed E-state index contributed by atoms with van der Waals surface area (Å²) < 4.78 is 11.1. The number of hydrogen-bond acceptors (Lipinski definition) is 4. The molecule has 1 N–H and O–H groups in total. The monoisotopic (exact) mass is 410 g/mol. The number of nitrogens with zero attached hydrogens (tertiary/aromatic N) is 1. The molecule has 30 heavy (non-hydrogen) atoms. The number of rotatable bonds is 9. The van der Waals surface area contributed by atoms with Gasteiger partial charge in [0.1, 0.15) is 5.75 Å². The van der Waals surface area contributed by atoms with Gasteiger partial charge in [-0.1, -0.05) is 24.3 Å². The molecule has 5 nitrogen and oxygen atoms in total. The lowest BCUT2D eigenvalue weighted by Crippen LogP contribution is -2.39. The highest BCUT2D eigenvalue weighted by Crippen LogP contribution is 2.19. The Labute approximate surface area is 180 Å². The highest BCUT2D eigenvalue weighted by molar-refractivity contribution is 5.92. The fourth-order valence-corrected chi connectivity index (χ4v) is 3.77. The van der Waals surface area contributed by atoms with Gasteiger partial charge in [0.05, 0.1) is 19.6 Å². The second kappa shape index (κ2) is 11.1. The van der Waals surface area contributed by atoms with Crippen molar-refractivity contribution in [1.29, 1.82) is 0 Å². The molecule has 1 saturated heterocycles. The lowest BCUT2D eigenvalue weighted by molar-refractivity contribution is -0.115. The first-order valence-corrected chi connectivity index (χ1v) is 10.9. The molecule has 1 amide bonds. The van der Waals surface area contributed by atoms with Gasteiger partial charge in [0, 0.05) is 31.4 Å². The standard InChI is InChI=1S/C25H34N2O3/c1-19(2)27(18-24-8-4-5-14-30-24)17-20-10-12-22(13-11-20)26-25(28)16-21-7-6-9-23(15-21)29-3/h6-7,9-13,15,19,24H,4-5,8,14,16-18H2,1-3H3,(H,26,28)/t24-/m1/s1. The third-order valence-electron chi connectivity index (χ3n) is 5.56. The van der Waals surface area contributed by atoms with Crippen molar-refractivity contribution >= 4 is 11.6 Å². The number of ether oxygens (including phenoxy) is 2. The summed E-state index contributed by atoms with van der Waals surface area (Å²) >= 11 is 0. The fourth-order valence-electron chi connectivity index (χ4n) is 3.77. The van der Waals surface area contributed by atoms with Crippen LogP contribution in [-0.2, 0) is 22.5 Å². The normalized spacial score (nSPS) is 16.6. The van der Waals surface area contributed by atoms with Gasteiger partial charge in [-0.05, 0) is 68.5 Å². The smallest absolute Gasteiger partial charge is 0.228 e. The van der Waals surface area contributed by atoms with Crippen molar-refractivity contribution in [3.05, 3.63) is 59.7 Å². The van der Waals surface area contributed by atoms with Crippen LogP contribution in [-0.4, -0.2) is 43.2 Å². The fraction of sp³-hybridized carbons (Fsp3) is 0.480. The first-order valence-electron chi connectivity index (χ1n) is 10.9. The minimum Gasteiger partial charge on any atom is -0.497 e. The summed E-state index contributed by atoms with van der Waals surface area (Å²) in [6, 6.07) is 16.2. The Balaban J connectivity index is 1.53. The Morgan fingerprint density at radius 2 is 1.97 bits per heavy atom. The first-order chi connectivity index (χ1) is 14.5. The maximum absolute atomic E-state index is 12.4. The summed E-state index contributed by atoms with van der Waals surface area (Å²) in [5.41, 5.74) is 2.99. The van der Waals surface area contributed by atoms with E-state index in [4.69, 9.17) is 9.47 Å². The number of hydrogen-bond donors (Lipinski definition) is 1. The summed E-state index contributed by atoms with van der Waals surface area (Å²) in [5, 5.41) is 2.98. The van der Waals surface area contributed by atoms with E-state index in [2.05, 4.69) is 36.2 Å². The van der Waals surface area contributed by atoms with Crippen LogP contribution in [0.4, 0.5) is 5.69 Å². The van der Waals surface area contributed by atoms with Gasteiger partial charge in [0.25, 0.3) is 0 Å². The molecule has 0 spiro atoms. The Morgan fingerprint density at radius 1 is 1.17 bits per heavy atom. The molecule has 1 aliphatic heterocycles. The summed E-state index contributed by atoms with van der Waals surface area (Å²) in [7, 11) is 1.63. The van der Waals surface area contributed by atoms with Crippen LogP contribution in [0.3, 0.4) is 0 Å². The van der Waals surface area contributed by atoms with E-state index in [1.54, 1.807) is 7.11 Å². The molecular weight excluding hydrogens is 376 g/mol. The Hall–Kier alpha value is -2.37. The number of benzene rings is 2. The minimum absolute atomic E-state index is 0.0331. The van der Waals surface area contributed by atoms with E-state index >= 15 is 0 Å². The SMILES string of the molecule is COc1cccc(CC(=O)Nc2ccc(CN(C[C@H]3CCCCO3)C(C)C)cc2)c1. The van der Waals surface area contributed by atoms with Gasteiger partial charge < -0.3 is 14.8 Å². The van der Waals surface area contributed by atoms with Gasteiger partial charge in [-0.3, -0.25) is 9.69 Å². The van der Waals surface area contributed by atoms with Crippen LogP contribution in [0.25, 0.3) is 0 Å². The number of methoxy groups -OCH3 is 1. The molecule has 2 aromatic carbocycles. The predicted molar refractivity (Wildman–Crippen MR) is 121 cm³/mol. The van der Waals surface area contributed by atoms with Crippen LogP contribution in [0, 0.1) is 0 Å². The molecule has 0 aromatic heterocycles. The zero-order chi connectivity index (χ0) is 21.3. The first kappa shape index (κ1) is 22.3. The highest BCUT2D eigenvalue weighted by Gasteiger charge is 2.19. The third kappa shape index (κ3) is 6.85. The molecule has 1 aliphatic rings. The molecule has 5 heteroatoms. The van der Waals surface area contributed by atoms with Crippen LogP contribution in [0.2, 0.25) is 0 Å². The summed E-state index contributed by atoms with van der Waals surface area (Å²) in [6.07, 6.45) is 4.27. The van der Waals surface area contributed by atoms with Crippen LogP contribution in [0.15, 0.2) is 48.5 Å². The number of amides is 1. The maximum atomic E-state index is 12.4. The molecule has 1 heterocycles. The highest BCUT2D eigenvalue weighted by atomic mass is 16.5. The van der Waals surface area contributed by atoms with E-state index < -0.39 is 0 Å². The van der Waals surface area contributed by atoms with E-state index in [9.17, 15) is 4.79 Å². The largest absolute Gasteiger partial charge is 0.497 e. The Morgan fingerprint density at radius 3 is 2.63 bits per heavy atom. The number of carbonyl (C=O) groups excluding carboxylic acids is 1. The van der Waals surface area contributed by atoms with Crippen molar-refractivity contribution in [3.8, 4) is 5.75 Å². The number of carbonyl (C=O) groups is 1. The van der Waals surface area contributed by atoms with E-state index in [0.29, 0.717) is 18.6 Å². The molecule has 162 valence electrons. The zero-order valence-corrected chi connectivity index (χ0v) is 18.4. The second-order valence-corrected chi connectivity index (χ2v) is 8.29.